The summed E-state index contributed by atoms with van der Waals surface area (Å²) >= 11 is 0. The van der Waals surface area contributed by atoms with E-state index >= 15 is 0 Å². The minimum absolute atomic E-state index is 0.00325. The molecule has 34 heavy (non-hydrogen) atoms. The summed E-state index contributed by atoms with van der Waals surface area (Å²) in [5.41, 5.74) is 1.92. The molecule has 7 nitrogen and oxygen atoms in total. The lowest BCUT2D eigenvalue weighted by molar-refractivity contribution is 0.0694. The fourth-order valence-corrected chi connectivity index (χ4v) is 3.88. The Labute approximate surface area is 198 Å². The molecule has 0 spiro atoms. The number of carbonyl (C=O) groups is 1. The molecule has 3 aromatic rings. The second-order valence-electron chi connectivity index (χ2n) is 8.34. The van der Waals surface area contributed by atoms with E-state index in [0.29, 0.717) is 24.6 Å². The van der Waals surface area contributed by atoms with Gasteiger partial charge < -0.3 is 29.7 Å². The fourth-order valence-electron chi connectivity index (χ4n) is 3.88. The summed E-state index contributed by atoms with van der Waals surface area (Å²) in [5.74, 6) is 1.44. The molecular weight excluding hydrogens is 434 g/mol. The number of hydrogen-bond donors (Lipinski definition) is 3. The van der Waals surface area contributed by atoms with Crippen LogP contribution in [0.15, 0.2) is 66.7 Å². The van der Waals surface area contributed by atoms with Gasteiger partial charge >= 0.3 is 5.97 Å². The van der Waals surface area contributed by atoms with Gasteiger partial charge in [-0.15, -0.1) is 0 Å². The molecule has 0 saturated heterocycles. The maximum Gasteiger partial charge on any atom is 0.339 e. The number of aliphatic hydroxyl groups is 1. The summed E-state index contributed by atoms with van der Waals surface area (Å²) in [6.45, 7) is 3.07. The number of nitrogens with one attached hydrogen (secondary N) is 1. The van der Waals surface area contributed by atoms with Crippen molar-refractivity contribution in [3.05, 3.63) is 83.4 Å². The van der Waals surface area contributed by atoms with Crippen LogP contribution in [0.5, 0.6) is 23.0 Å². The van der Waals surface area contributed by atoms with Crippen molar-refractivity contribution in [2.75, 3.05) is 19.7 Å². The van der Waals surface area contributed by atoms with Gasteiger partial charge in [0.25, 0.3) is 0 Å². The van der Waals surface area contributed by atoms with E-state index in [1.807, 2.05) is 55.5 Å². The smallest absolute Gasteiger partial charge is 0.339 e. The number of aliphatic hydroxyl groups excluding tert-OH is 1. The van der Waals surface area contributed by atoms with E-state index in [-0.39, 0.29) is 18.3 Å². The first kappa shape index (κ1) is 23.6. The Morgan fingerprint density at radius 1 is 1.12 bits per heavy atom. The highest BCUT2D eigenvalue weighted by molar-refractivity contribution is 5.91. The minimum atomic E-state index is -1.02. The molecule has 4 rings (SSSR count). The maximum absolute atomic E-state index is 11.5. The second kappa shape index (κ2) is 11.0. The molecule has 3 aromatic carbocycles. The molecule has 0 radical (unpaired) electrons. The van der Waals surface area contributed by atoms with E-state index in [2.05, 4.69) is 5.32 Å². The summed E-state index contributed by atoms with van der Waals surface area (Å²) in [4.78, 5) is 11.5. The van der Waals surface area contributed by atoms with Crippen molar-refractivity contribution in [2.45, 2.75) is 32.0 Å². The van der Waals surface area contributed by atoms with Crippen LogP contribution in [0.1, 0.15) is 27.9 Å². The van der Waals surface area contributed by atoms with Crippen LogP contribution in [0.2, 0.25) is 0 Å². The number of ether oxygens (including phenoxy) is 3. The van der Waals surface area contributed by atoms with E-state index in [9.17, 15) is 15.0 Å². The average molecular weight is 464 g/mol. The molecular formula is C27H29NO6. The van der Waals surface area contributed by atoms with Gasteiger partial charge in [-0.1, -0.05) is 30.3 Å². The zero-order valence-corrected chi connectivity index (χ0v) is 19.1. The van der Waals surface area contributed by atoms with Gasteiger partial charge in [0.05, 0.1) is 0 Å². The maximum atomic E-state index is 11.5. The molecule has 0 saturated carbocycles. The summed E-state index contributed by atoms with van der Waals surface area (Å²) in [6.07, 6.45) is 1.02. The number of aryl methyl sites for hydroxylation is 2. The fraction of sp³-hybridized carbons (Fsp3) is 0.296. The lowest BCUT2D eigenvalue weighted by atomic mass is 10.0. The topological polar surface area (TPSA) is 97.3 Å². The summed E-state index contributed by atoms with van der Waals surface area (Å²) in [7, 11) is 0. The zero-order valence-electron chi connectivity index (χ0n) is 19.1. The summed E-state index contributed by atoms with van der Waals surface area (Å²) in [5, 5.41) is 22.8. The molecule has 0 bridgehead atoms. The lowest BCUT2D eigenvalue weighted by Crippen LogP contribution is -2.39. The number of carboxylic acids is 1. The van der Waals surface area contributed by atoms with Gasteiger partial charge in [0.2, 0.25) is 0 Å². The van der Waals surface area contributed by atoms with Gasteiger partial charge in [-0.3, -0.25) is 0 Å². The quantitative estimate of drug-likeness (QED) is 0.414. The van der Waals surface area contributed by atoms with Crippen molar-refractivity contribution in [3.8, 4) is 23.0 Å². The monoisotopic (exact) mass is 463 g/mol. The van der Waals surface area contributed by atoms with Crippen molar-refractivity contribution in [3.63, 3.8) is 0 Å². The van der Waals surface area contributed by atoms with Gasteiger partial charge in [-0.2, -0.15) is 0 Å². The van der Waals surface area contributed by atoms with Crippen molar-refractivity contribution >= 4 is 5.97 Å². The largest absolute Gasteiger partial charge is 0.491 e. The third kappa shape index (κ3) is 6.07. The van der Waals surface area contributed by atoms with Crippen LogP contribution in [0.3, 0.4) is 0 Å². The average Bonchev–Trinajstić information content (AvgIpc) is 2.84. The summed E-state index contributed by atoms with van der Waals surface area (Å²) in [6, 6.07) is 20.0. The standard InChI is InChI=1S/C27H29NO6/c1-18-6-5-9-24(27(30)31)26(18)34-22-12-13-25-19(14-22)10-11-23(33-25)16-28-15-20(29)17-32-21-7-3-2-4-8-21/h2-9,12-14,20,23,28-29H,10-11,15-17H2,1H3,(H,30,31)/t20-,23+/m0/s1. The Kier molecular flexibility index (Phi) is 7.67. The molecule has 1 heterocycles. The Morgan fingerprint density at radius 3 is 2.74 bits per heavy atom. The predicted molar refractivity (Wildman–Crippen MR) is 128 cm³/mol. The van der Waals surface area contributed by atoms with E-state index < -0.39 is 12.1 Å². The van der Waals surface area contributed by atoms with E-state index in [1.54, 1.807) is 12.1 Å². The highest BCUT2D eigenvalue weighted by atomic mass is 16.5. The first-order valence-electron chi connectivity index (χ1n) is 11.4. The van der Waals surface area contributed by atoms with Gasteiger partial charge in [-0.25, -0.2) is 4.79 Å². The van der Waals surface area contributed by atoms with Gasteiger partial charge in [0.1, 0.15) is 47.4 Å². The van der Waals surface area contributed by atoms with Gasteiger partial charge in [0, 0.05) is 13.1 Å². The Hall–Kier alpha value is -3.55. The highest BCUT2D eigenvalue weighted by Gasteiger charge is 2.21. The van der Waals surface area contributed by atoms with Gasteiger partial charge in [0.15, 0.2) is 0 Å². The van der Waals surface area contributed by atoms with Gasteiger partial charge in [-0.05, 0) is 67.3 Å². The lowest BCUT2D eigenvalue weighted by Gasteiger charge is -2.27. The molecule has 1 aliphatic rings. The summed E-state index contributed by atoms with van der Waals surface area (Å²) < 4.78 is 17.6. The third-order valence-electron chi connectivity index (χ3n) is 5.66. The van der Waals surface area contributed by atoms with Crippen LogP contribution < -0.4 is 19.5 Å². The zero-order chi connectivity index (χ0) is 23.9. The molecule has 7 heteroatoms. The first-order chi connectivity index (χ1) is 16.5. The van der Waals surface area contributed by atoms with Crippen LogP contribution in [0.25, 0.3) is 0 Å². The van der Waals surface area contributed by atoms with Crippen LogP contribution in [0, 0.1) is 6.92 Å². The molecule has 178 valence electrons. The first-order valence-corrected chi connectivity index (χ1v) is 11.4. The molecule has 0 aliphatic carbocycles. The SMILES string of the molecule is Cc1cccc(C(=O)O)c1Oc1ccc2c(c1)CC[C@H](CNC[C@H](O)COc1ccccc1)O2. The highest BCUT2D eigenvalue weighted by Crippen LogP contribution is 2.34. The van der Waals surface area contributed by atoms with Crippen LogP contribution in [0.4, 0.5) is 0 Å². The van der Waals surface area contributed by atoms with Crippen molar-refractivity contribution in [2.24, 2.45) is 0 Å². The normalized spacial score (nSPS) is 15.6. The number of rotatable bonds is 10. The minimum Gasteiger partial charge on any atom is -0.491 e. The molecule has 0 aromatic heterocycles. The third-order valence-corrected chi connectivity index (χ3v) is 5.66. The molecule has 1 aliphatic heterocycles. The molecule has 0 amide bonds. The molecule has 0 unspecified atom stereocenters. The van der Waals surface area contributed by atoms with E-state index in [0.717, 1.165) is 35.5 Å². The Bertz CT molecular complexity index is 1120. The van der Waals surface area contributed by atoms with Crippen LogP contribution >= 0.6 is 0 Å². The molecule has 3 N–H and O–H groups in total. The number of para-hydroxylation sites is 2. The number of fused-ring (bicyclic) bond motifs is 1. The van der Waals surface area contributed by atoms with Crippen molar-refractivity contribution < 1.29 is 29.2 Å². The molecule has 0 fully saturated rings. The van der Waals surface area contributed by atoms with Crippen molar-refractivity contribution in [1.29, 1.82) is 0 Å². The van der Waals surface area contributed by atoms with E-state index in [1.165, 1.54) is 6.07 Å². The Morgan fingerprint density at radius 2 is 1.94 bits per heavy atom. The number of carboxylic acid groups (broad SMARTS) is 1. The predicted octanol–water partition coefficient (Wildman–Crippen LogP) is 4.21. The Balaban J connectivity index is 1.27. The number of aromatic carboxylic acids is 1. The number of benzene rings is 3. The van der Waals surface area contributed by atoms with E-state index in [4.69, 9.17) is 14.2 Å². The molecule has 2 atom stereocenters. The van der Waals surface area contributed by atoms with Crippen LogP contribution in [-0.4, -0.2) is 48.1 Å². The van der Waals surface area contributed by atoms with Crippen molar-refractivity contribution in [1.82, 2.24) is 5.32 Å². The number of hydrogen-bond acceptors (Lipinski definition) is 6. The van der Waals surface area contributed by atoms with Crippen LogP contribution in [-0.2, 0) is 6.42 Å². The second-order valence-corrected chi connectivity index (χ2v) is 8.34.